The number of nitrogens with two attached hydrogens (primary N) is 1. The van der Waals surface area contributed by atoms with Crippen molar-refractivity contribution in [2.45, 2.75) is 52.2 Å². The minimum absolute atomic E-state index is 0.326. The highest BCUT2D eigenvalue weighted by atomic mass is 16.5. The Balaban J connectivity index is 1.84. The molecule has 2 N–H and O–H groups in total. The number of aliphatic imine (C=N–C) groups is 1. The second-order valence-corrected chi connectivity index (χ2v) is 7.70. The van der Waals surface area contributed by atoms with Gasteiger partial charge in [-0.2, -0.15) is 0 Å². The van der Waals surface area contributed by atoms with Gasteiger partial charge in [-0.05, 0) is 38.0 Å². The summed E-state index contributed by atoms with van der Waals surface area (Å²) in [5, 5.41) is 0. The van der Waals surface area contributed by atoms with Crippen LogP contribution >= 0.6 is 0 Å². The Morgan fingerprint density at radius 1 is 1.10 bits per heavy atom. The second kappa shape index (κ2) is 10.2. The van der Waals surface area contributed by atoms with Crippen molar-refractivity contribution in [3.63, 3.8) is 0 Å². The number of rotatable bonds is 8. The molecule has 3 rings (SSSR count). The van der Waals surface area contributed by atoms with E-state index in [2.05, 4.69) is 36.2 Å². The molecule has 0 radical (unpaired) electrons. The Morgan fingerprint density at radius 3 is 2.37 bits per heavy atom. The molecule has 2 atom stereocenters. The summed E-state index contributed by atoms with van der Waals surface area (Å²) < 4.78 is 5.76. The van der Waals surface area contributed by atoms with Gasteiger partial charge >= 0.3 is 5.97 Å². The molecule has 0 aliphatic carbocycles. The summed E-state index contributed by atoms with van der Waals surface area (Å²) >= 11 is 0. The van der Waals surface area contributed by atoms with Crippen LogP contribution in [0.15, 0.2) is 77.1 Å². The molecule has 0 bridgehead atoms. The van der Waals surface area contributed by atoms with E-state index in [-0.39, 0.29) is 5.97 Å². The first-order valence-corrected chi connectivity index (χ1v) is 10.6. The van der Waals surface area contributed by atoms with E-state index in [4.69, 9.17) is 10.5 Å². The van der Waals surface area contributed by atoms with Gasteiger partial charge in [0, 0.05) is 12.5 Å². The molecule has 30 heavy (non-hydrogen) atoms. The average Bonchev–Trinajstić information content (AvgIpc) is 2.77. The van der Waals surface area contributed by atoms with Crippen molar-refractivity contribution in [3.05, 3.63) is 83.2 Å². The van der Waals surface area contributed by atoms with Gasteiger partial charge in [-0.15, -0.1) is 0 Å². The highest BCUT2D eigenvalue weighted by Gasteiger charge is 2.29. The van der Waals surface area contributed by atoms with Gasteiger partial charge in [0.15, 0.2) is 12.0 Å². The Kier molecular flexibility index (Phi) is 7.41. The normalized spacial score (nSPS) is 17.5. The van der Waals surface area contributed by atoms with Gasteiger partial charge in [0.1, 0.15) is 0 Å². The number of esters is 1. The second-order valence-electron chi connectivity index (χ2n) is 7.70. The van der Waals surface area contributed by atoms with E-state index in [1.54, 1.807) is 12.1 Å². The zero-order valence-corrected chi connectivity index (χ0v) is 18.0. The van der Waals surface area contributed by atoms with E-state index in [1.807, 2.05) is 43.0 Å². The molecule has 5 heteroatoms. The van der Waals surface area contributed by atoms with Crippen LogP contribution in [0.1, 0.15) is 61.9 Å². The predicted octanol–water partition coefficient (Wildman–Crippen LogP) is 5.07. The van der Waals surface area contributed by atoms with Crippen LogP contribution in [0.4, 0.5) is 0 Å². The standard InChI is InChI=1S/C25H31N3O2/c1-4-5-12-22(20-13-8-6-9-14-20)17-28-19(3)23(18(2)27-25(28)26)30-24(29)21-15-10-7-11-16-21/h6-11,13-16,22,25H,4-5,12,17,26H2,1-3H3. The van der Waals surface area contributed by atoms with Crippen LogP contribution in [-0.4, -0.2) is 29.4 Å². The van der Waals surface area contributed by atoms with Crippen LogP contribution in [0.2, 0.25) is 0 Å². The topological polar surface area (TPSA) is 67.9 Å². The van der Waals surface area contributed by atoms with Crippen molar-refractivity contribution in [2.24, 2.45) is 10.7 Å². The van der Waals surface area contributed by atoms with Gasteiger partial charge in [-0.3, -0.25) is 5.73 Å². The molecule has 1 aliphatic rings. The molecular weight excluding hydrogens is 374 g/mol. The highest BCUT2D eigenvalue weighted by molar-refractivity contribution is 6.01. The number of carbonyl (C=O) groups is 1. The van der Waals surface area contributed by atoms with E-state index < -0.39 is 6.29 Å². The lowest BCUT2D eigenvalue weighted by atomic mass is 9.92. The van der Waals surface area contributed by atoms with Gasteiger partial charge in [-0.1, -0.05) is 68.3 Å². The minimum atomic E-state index is -0.489. The fourth-order valence-electron chi connectivity index (χ4n) is 3.81. The summed E-state index contributed by atoms with van der Waals surface area (Å²) in [4.78, 5) is 19.2. The van der Waals surface area contributed by atoms with Crippen LogP contribution in [0, 0.1) is 0 Å². The maximum atomic E-state index is 12.6. The zero-order chi connectivity index (χ0) is 21.5. The van der Waals surface area contributed by atoms with E-state index >= 15 is 0 Å². The summed E-state index contributed by atoms with van der Waals surface area (Å²) in [6, 6.07) is 19.5. The van der Waals surface area contributed by atoms with Crippen molar-refractivity contribution in [2.75, 3.05) is 6.54 Å². The molecule has 0 saturated carbocycles. The van der Waals surface area contributed by atoms with Crippen LogP contribution in [0.3, 0.4) is 0 Å². The number of hydrogen-bond acceptors (Lipinski definition) is 5. The Morgan fingerprint density at radius 2 is 1.73 bits per heavy atom. The SMILES string of the molecule is CCCCC(CN1C(C)=C(OC(=O)c2ccccc2)C(C)=NC1N)c1ccccc1. The fourth-order valence-corrected chi connectivity index (χ4v) is 3.81. The molecule has 0 aromatic heterocycles. The average molecular weight is 406 g/mol. The molecule has 2 aromatic carbocycles. The first-order valence-electron chi connectivity index (χ1n) is 10.6. The van der Waals surface area contributed by atoms with Crippen molar-refractivity contribution in [1.29, 1.82) is 0 Å². The van der Waals surface area contributed by atoms with Crippen molar-refractivity contribution in [1.82, 2.24) is 4.90 Å². The first kappa shape index (κ1) is 21.8. The first-order chi connectivity index (χ1) is 14.5. The van der Waals surface area contributed by atoms with Crippen molar-refractivity contribution >= 4 is 11.7 Å². The quantitative estimate of drug-likeness (QED) is 0.623. The van der Waals surface area contributed by atoms with E-state index in [0.29, 0.717) is 23.0 Å². The lowest BCUT2D eigenvalue weighted by Gasteiger charge is -2.36. The summed E-state index contributed by atoms with van der Waals surface area (Å²) in [6.45, 7) is 6.71. The molecule has 5 nitrogen and oxygen atoms in total. The monoisotopic (exact) mass is 405 g/mol. The summed E-state index contributed by atoms with van der Waals surface area (Å²) in [5.74, 6) is 0.431. The summed E-state index contributed by atoms with van der Waals surface area (Å²) in [5.41, 5.74) is 9.67. The summed E-state index contributed by atoms with van der Waals surface area (Å²) in [7, 11) is 0. The molecular formula is C25H31N3O2. The maximum Gasteiger partial charge on any atom is 0.343 e. The highest BCUT2D eigenvalue weighted by Crippen LogP contribution is 2.29. The molecule has 2 unspecified atom stereocenters. The van der Waals surface area contributed by atoms with Gasteiger partial charge < -0.3 is 9.64 Å². The van der Waals surface area contributed by atoms with Crippen LogP contribution in [0.5, 0.6) is 0 Å². The number of ether oxygens (including phenoxy) is 1. The number of benzene rings is 2. The minimum Gasteiger partial charge on any atom is -0.419 e. The molecule has 0 spiro atoms. The Labute approximate surface area is 179 Å². The number of carbonyl (C=O) groups excluding carboxylic acids is 1. The smallest absolute Gasteiger partial charge is 0.343 e. The lowest BCUT2D eigenvalue weighted by Crippen LogP contribution is -2.45. The van der Waals surface area contributed by atoms with Crippen molar-refractivity contribution < 1.29 is 9.53 Å². The van der Waals surface area contributed by atoms with Crippen LogP contribution in [0.25, 0.3) is 0 Å². The number of allylic oxidation sites excluding steroid dienone is 2. The van der Waals surface area contributed by atoms with Gasteiger partial charge in [0.2, 0.25) is 0 Å². The van der Waals surface area contributed by atoms with Gasteiger partial charge in [0.25, 0.3) is 0 Å². The predicted molar refractivity (Wildman–Crippen MR) is 121 cm³/mol. The van der Waals surface area contributed by atoms with E-state index in [9.17, 15) is 4.79 Å². The molecule has 2 aromatic rings. The Bertz CT molecular complexity index is 907. The van der Waals surface area contributed by atoms with Crippen molar-refractivity contribution in [3.8, 4) is 0 Å². The van der Waals surface area contributed by atoms with Crippen LogP contribution < -0.4 is 5.73 Å². The van der Waals surface area contributed by atoms with Gasteiger partial charge in [-0.25, -0.2) is 9.79 Å². The molecule has 1 heterocycles. The molecule has 0 amide bonds. The molecule has 0 saturated heterocycles. The van der Waals surface area contributed by atoms with E-state index in [0.717, 1.165) is 31.5 Å². The third-order valence-corrected chi connectivity index (χ3v) is 5.53. The molecule has 158 valence electrons. The number of unbranched alkanes of at least 4 members (excludes halogenated alkanes) is 1. The fraction of sp³-hybridized carbons (Fsp3) is 0.360. The zero-order valence-electron chi connectivity index (χ0n) is 18.0. The Hall–Kier alpha value is -2.92. The third kappa shape index (κ3) is 5.16. The molecule has 1 aliphatic heterocycles. The number of nitrogens with zero attached hydrogens (tertiary/aromatic N) is 2. The molecule has 0 fully saturated rings. The third-order valence-electron chi connectivity index (χ3n) is 5.53. The van der Waals surface area contributed by atoms with E-state index in [1.165, 1.54) is 5.56 Å². The lowest BCUT2D eigenvalue weighted by molar-refractivity contribution is 0.0623. The largest absolute Gasteiger partial charge is 0.419 e. The van der Waals surface area contributed by atoms with Crippen LogP contribution in [-0.2, 0) is 4.74 Å². The number of hydrogen-bond donors (Lipinski definition) is 1. The summed E-state index contributed by atoms with van der Waals surface area (Å²) in [6.07, 6.45) is 2.86. The maximum absolute atomic E-state index is 12.6. The van der Waals surface area contributed by atoms with Gasteiger partial charge in [0.05, 0.1) is 17.0 Å².